The van der Waals surface area contributed by atoms with E-state index < -0.39 is 0 Å². The van der Waals surface area contributed by atoms with E-state index >= 15 is 0 Å². The van der Waals surface area contributed by atoms with Crippen LogP contribution in [-0.2, 0) is 4.74 Å². The van der Waals surface area contributed by atoms with Crippen molar-refractivity contribution in [2.24, 2.45) is 5.73 Å². The van der Waals surface area contributed by atoms with Crippen LogP contribution in [0.25, 0.3) is 0 Å². The zero-order valence-corrected chi connectivity index (χ0v) is 11.2. The first kappa shape index (κ1) is 13.8. The molecule has 0 saturated carbocycles. The van der Waals surface area contributed by atoms with Crippen LogP contribution in [0, 0.1) is 17.0 Å². The number of aryl methyl sites for hydroxylation is 1. The standard InChI is InChI=1S/C13H19N3O3/c1-9-5-11(7-12(6-9)16(17)18)15-3-4-19-13(8-15)10(2)14/h5-7,10,13H,3-4,8,14H2,1-2H3. The SMILES string of the molecule is Cc1cc(N2CCOC(C(C)N)C2)cc([N+](=O)[O-])c1. The molecule has 1 aliphatic heterocycles. The summed E-state index contributed by atoms with van der Waals surface area (Å²) in [5, 5.41) is 10.9. The van der Waals surface area contributed by atoms with Crippen molar-refractivity contribution in [3.63, 3.8) is 0 Å². The number of nitro benzene ring substituents is 1. The lowest BCUT2D eigenvalue weighted by atomic mass is 10.1. The summed E-state index contributed by atoms with van der Waals surface area (Å²) in [6, 6.07) is 5.09. The van der Waals surface area contributed by atoms with E-state index in [0.29, 0.717) is 13.2 Å². The van der Waals surface area contributed by atoms with Gasteiger partial charge in [-0.1, -0.05) is 0 Å². The first-order valence-electron chi connectivity index (χ1n) is 6.35. The number of anilines is 1. The van der Waals surface area contributed by atoms with Crippen molar-refractivity contribution in [1.82, 2.24) is 0 Å². The summed E-state index contributed by atoms with van der Waals surface area (Å²) in [7, 11) is 0. The molecule has 2 N–H and O–H groups in total. The number of rotatable bonds is 3. The van der Waals surface area contributed by atoms with Gasteiger partial charge in [-0.25, -0.2) is 0 Å². The Hall–Kier alpha value is -1.66. The summed E-state index contributed by atoms with van der Waals surface area (Å²) in [6.07, 6.45) is -0.0340. The smallest absolute Gasteiger partial charge is 0.271 e. The molecule has 0 radical (unpaired) electrons. The zero-order valence-electron chi connectivity index (χ0n) is 11.2. The maximum Gasteiger partial charge on any atom is 0.271 e. The van der Waals surface area contributed by atoms with Crippen LogP contribution in [0.2, 0.25) is 0 Å². The Balaban J connectivity index is 2.23. The summed E-state index contributed by atoms with van der Waals surface area (Å²) in [5.41, 5.74) is 7.72. The quantitative estimate of drug-likeness (QED) is 0.661. The molecule has 0 spiro atoms. The predicted octanol–water partition coefficient (Wildman–Crippen LogP) is 1.46. The summed E-state index contributed by atoms with van der Waals surface area (Å²) in [5.74, 6) is 0. The second-order valence-corrected chi connectivity index (χ2v) is 5.00. The lowest BCUT2D eigenvalue weighted by Gasteiger charge is -2.36. The molecule has 1 saturated heterocycles. The van der Waals surface area contributed by atoms with Gasteiger partial charge in [-0.15, -0.1) is 0 Å². The highest BCUT2D eigenvalue weighted by Gasteiger charge is 2.24. The zero-order chi connectivity index (χ0) is 14.0. The van der Waals surface area contributed by atoms with E-state index in [1.165, 1.54) is 0 Å². The summed E-state index contributed by atoms with van der Waals surface area (Å²) in [4.78, 5) is 12.6. The highest BCUT2D eigenvalue weighted by Crippen LogP contribution is 2.25. The van der Waals surface area contributed by atoms with Crippen LogP contribution in [0.15, 0.2) is 18.2 Å². The van der Waals surface area contributed by atoms with Gasteiger partial charge in [0.05, 0.1) is 17.6 Å². The monoisotopic (exact) mass is 265 g/mol. The fraction of sp³-hybridized carbons (Fsp3) is 0.538. The van der Waals surface area contributed by atoms with Crippen molar-refractivity contribution in [2.45, 2.75) is 26.0 Å². The molecule has 104 valence electrons. The Kier molecular flexibility index (Phi) is 4.01. The molecule has 2 unspecified atom stereocenters. The van der Waals surface area contributed by atoms with Crippen molar-refractivity contribution in [3.05, 3.63) is 33.9 Å². The van der Waals surface area contributed by atoms with Gasteiger partial charge in [0.25, 0.3) is 5.69 Å². The first-order valence-corrected chi connectivity index (χ1v) is 6.35. The number of nitrogens with two attached hydrogens (primary N) is 1. The molecule has 2 atom stereocenters. The van der Waals surface area contributed by atoms with Crippen LogP contribution in [0.5, 0.6) is 0 Å². The number of hydrogen-bond donors (Lipinski definition) is 1. The molecule has 0 aromatic heterocycles. The Morgan fingerprint density at radius 3 is 2.89 bits per heavy atom. The lowest BCUT2D eigenvalue weighted by Crippen LogP contribution is -2.49. The third-order valence-electron chi connectivity index (χ3n) is 3.30. The third kappa shape index (κ3) is 3.21. The minimum Gasteiger partial charge on any atom is -0.373 e. The van der Waals surface area contributed by atoms with Crippen LogP contribution in [-0.4, -0.2) is 36.8 Å². The average molecular weight is 265 g/mol. The average Bonchev–Trinajstić information content (AvgIpc) is 2.38. The van der Waals surface area contributed by atoms with Crippen LogP contribution < -0.4 is 10.6 Å². The van der Waals surface area contributed by atoms with Crippen molar-refractivity contribution in [1.29, 1.82) is 0 Å². The number of nitrogens with zero attached hydrogens (tertiary/aromatic N) is 2. The fourth-order valence-corrected chi connectivity index (χ4v) is 2.26. The Labute approximate surface area is 112 Å². The second kappa shape index (κ2) is 5.54. The fourth-order valence-electron chi connectivity index (χ4n) is 2.26. The van der Waals surface area contributed by atoms with Crippen molar-refractivity contribution < 1.29 is 9.66 Å². The largest absolute Gasteiger partial charge is 0.373 e. The van der Waals surface area contributed by atoms with Crippen LogP contribution in [0.3, 0.4) is 0 Å². The van der Waals surface area contributed by atoms with Gasteiger partial charge < -0.3 is 15.4 Å². The van der Waals surface area contributed by atoms with E-state index in [4.69, 9.17) is 10.5 Å². The van der Waals surface area contributed by atoms with Gasteiger partial charge in [-0.3, -0.25) is 10.1 Å². The number of morpholine rings is 1. The molecule has 0 bridgehead atoms. The highest BCUT2D eigenvalue weighted by atomic mass is 16.6. The van der Waals surface area contributed by atoms with Gasteiger partial charge in [0.2, 0.25) is 0 Å². The van der Waals surface area contributed by atoms with Gasteiger partial charge in [-0.05, 0) is 25.5 Å². The van der Waals surface area contributed by atoms with Crippen molar-refractivity contribution in [3.8, 4) is 0 Å². The maximum absolute atomic E-state index is 10.9. The van der Waals surface area contributed by atoms with Crippen LogP contribution in [0.1, 0.15) is 12.5 Å². The Morgan fingerprint density at radius 2 is 2.26 bits per heavy atom. The number of non-ortho nitro benzene ring substituents is 1. The molecule has 0 aliphatic carbocycles. The minimum absolute atomic E-state index is 0.0340. The molecule has 2 rings (SSSR count). The second-order valence-electron chi connectivity index (χ2n) is 5.00. The normalized spacial score (nSPS) is 21.2. The molecule has 1 aromatic carbocycles. The van der Waals surface area contributed by atoms with E-state index in [-0.39, 0.29) is 22.8 Å². The molecule has 6 nitrogen and oxygen atoms in total. The number of hydrogen-bond acceptors (Lipinski definition) is 5. The van der Waals surface area contributed by atoms with Crippen molar-refractivity contribution in [2.75, 3.05) is 24.6 Å². The van der Waals surface area contributed by atoms with Gasteiger partial charge in [0.15, 0.2) is 0 Å². The van der Waals surface area contributed by atoms with Gasteiger partial charge in [0.1, 0.15) is 0 Å². The molecule has 1 fully saturated rings. The van der Waals surface area contributed by atoms with Gasteiger partial charge in [0, 0.05) is 37.0 Å². The predicted molar refractivity (Wildman–Crippen MR) is 73.4 cm³/mol. The van der Waals surface area contributed by atoms with E-state index in [1.807, 2.05) is 19.9 Å². The van der Waals surface area contributed by atoms with Crippen molar-refractivity contribution >= 4 is 11.4 Å². The van der Waals surface area contributed by atoms with E-state index in [0.717, 1.165) is 17.8 Å². The maximum atomic E-state index is 10.9. The van der Waals surface area contributed by atoms with Crippen LogP contribution >= 0.6 is 0 Å². The third-order valence-corrected chi connectivity index (χ3v) is 3.30. The Morgan fingerprint density at radius 1 is 1.53 bits per heavy atom. The molecule has 19 heavy (non-hydrogen) atoms. The molecule has 1 heterocycles. The molecule has 1 aromatic rings. The first-order chi connectivity index (χ1) is 8.97. The summed E-state index contributed by atoms with van der Waals surface area (Å²) < 4.78 is 5.60. The summed E-state index contributed by atoms with van der Waals surface area (Å²) in [6.45, 7) is 5.75. The number of ether oxygens (including phenoxy) is 1. The van der Waals surface area contributed by atoms with E-state index in [9.17, 15) is 10.1 Å². The van der Waals surface area contributed by atoms with E-state index in [2.05, 4.69) is 4.90 Å². The molecule has 1 aliphatic rings. The number of benzene rings is 1. The minimum atomic E-state index is -0.361. The topological polar surface area (TPSA) is 81.6 Å². The van der Waals surface area contributed by atoms with Gasteiger partial charge in [-0.2, -0.15) is 0 Å². The molecule has 6 heteroatoms. The number of nitro groups is 1. The van der Waals surface area contributed by atoms with Gasteiger partial charge >= 0.3 is 0 Å². The lowest BCUT2D eigenvalue weighted by molar-refractivity contribution is -0.384. The molecular weight excluding hydrogens is 246 g/mol. The van der Waals surface area contributed by atoms with Crippen LogP contribution in [0.4, 0.5) is 11.4 Å². The Bertz CT molecular complexity index is 476. The highest BCUT2D eigenvalue weighted by molar-refractivity contribution is 5.56. The molecule has 0 amide bonds. The summed E-state index contributed by atoms with van der Waals surface area (Å²) >= 11 is 0. The van der Waals surface area contributed by atoms with E-state index in [1.54, 1.807) is 12.1 Å². The molecular formula is C13H19N3O3.